The highest BCUT2D eigenvalue weighted by molar-refractivity contribution is 7.91. The van der Waals surface area contributed by atoms with Crippen LogP contribution in [-0.4, -0.2) is 43.9 Å². The predicted octanol–water partition coefficient (Wildman–Crippen LogP) is 3.25. The first-order valence-corrected chi connectivity index (χ1v) is 9.69. The Bertz CT molecular complexity index is 689. The maximum absolute atomic E-state index is 13.7. The van der Waals surface area contributed by atoms with Crippen molar-refractivity contribution >= 4 is 15.9 Å². The quantitative estimate of drug-likeness (QED) is 0.833. The van der Waals surface area contributed by atoms with E-state index in [-0.39, 0.29) is 22.7 Å². The summed E-state index contributed by atoms with van der Waals surface area (Å²) in [5.41, 5.74) is -0.553. The Morgan fingerprint density at radius 2 is 1.83 bits per heavy atom. The molecule has 1 aromatic carbocycles. The molecule has 24 heavy (non-hydrogen) atoms. The monoisotopic (exact) mass is 357 g/mol. The van der Waals surface area contributed by atoms with Crippen LogP contribution in [0.3, 0.4) is 0 Å². The third-order valence-corrected chi connectivity index (χ3v) is 5.80. The van der Waals surface area contributed by atoms with Gasteiger partial charge in [-0.2, -0.15) is 0 Å². The highest BCUT2D eigenvalue weighted by atomic mass is 32.2. The Labute approximate surface area is 142 Å². The molecular formula is C17H24FNO4S. The fourth-order valence-electron chi connectivity index (χ4n) is 2.71. The first kappa shape index (κ1) is 18.7. The van der Waals surface area contributed by atoms with Crippen molar-refractivity contribution in [2.75, 3.05) is 18.8 Å². The molecule has 1 amide bonds. The number of amides is 1. The minimum absolute atomic E-state index is 0.0895. The molecule has 134 valence electrons. The summed E-state index contributed by atoms with van der Waals surface area (Å²) in [6.07, 6.45) is 0.748. The van der Waals surface area contributed by atoms with Gasteiger partial charge < -0.3 is 9.64 Å². The summed E-state index contributed by atoms with van der Waals surface area (Å²) >= 11 is 0. The number of nitrogens with zero attached hydrogens (tertiary/aromatic N) is 1. The maximum Gasteiger partial charge on any atom is 0.410 e. The van der Waals surface area contributed by atoms with Gasteiger partial charge in [0.15, 0.2) is 9.84 Å². The van der Waals surface area contributed by atoms with Crippen molar-refractivity contribution in [3.63, 3.8) is 0 Å². The molecule has 0 spiro atoms. The van der Waals surface area contributed by atoms with Crippen molar-refractivity contribution in [2.45, 2.75) is 44.1 Å². The van der Waals surface area contributed by atoms with Gasteiger partial charge in [0.2, 0.25) is 0 Å². The first-order chi connectivity index (χ1) is 11.1. The Morgan fingerprint density at radius 1 is 1.25 bits per heavy atom. The van der Waals surface area contributed by atoms with Crippen LogP contribution in [0.15, 0.2) is 29.2 Å². The molecular weight excluding hydrogens is 333 g/mol. The Balaban J connectivity index is 1.94. The van der Waals surface area contributed by atoms with Gasteiger partial charge in [0.25, 0.3) is 0 Å². The van der Waals surface area contributed by atoms with Crippen molar-refractivity contribution in [1.82, 2.24) is 4.90 Å². The Hall–Kier alpha value is -1.63. The van der Waals surface area contributed by atoms with E-state index in [9.17, 15) is 17.6 Å². The van der Waals surface area contributed by atoms with Crippen LogP contribution in [0.2, 0.25) is 0 Å². The zero-order chi connectivity index (χ0) is 18.0. The van der Waals surface area contributed by atoms with Crippen molar-refractivity contribution in [3.8, 4) is 0 Å². The Morgan fingerprint density at radius 3 is 2.38 bits per heavy atom. The van der Waals surface area contributed by atoms with Crippen molar-refractivity contribution in [1.29, 1.82) is 0 Å². The molecule has 1 fully saturated rings. The van der Waals surface area contributed by atoms with Gasteiger partial charge in [-0.25, -0.2) is 17.6 Å². The van der Waals surface area contributed by atoms with Gasteiger partial charge in [0.1, 0.15) is 16.3 Å². The summed E-state index contributed by atoms with van der Waals surface area (Å²) in [6, 6.07) is 5.42. The number of hydrogen-bond donors (Lipinski definition) is 0. The molecule has 7 heteroatoms. The number of benzene rings is 1. The lowest BCUT2D eigenvalue weighted by Crippen LogP contribution is -2.42. The molecule has 0 atom stereocenters. The molecule has 0 N–H and O–H groups in total. The topological polar surface area (TPSA) is 63.7 Å². The average Bonchev–Trinajstić information content (AvgIpc) is 2.46. The number of piperidine rings is 1. The normalized spacial score (nSPS) is 16.9. The van der Waals surface area contributed by atoms with Crippen LogP contribution in [-0.2, 0) is 14.6 Å². The minimum Gasteiger partial charge on any atom is -0.444 e. The van der Waals surface area contributed by atoms with Crippen molar-refractivity contribution < 1.29 is 22.3 Å². The molecule has 0 radical (unpaired) electrons. The van der Waals surface area contributed by atoms with Gasteiger partial charge in [-0.3, -0.25) is 0 Å². The van der Waals surface area contributed by atoms with E-state index in [2.05, 4.69) is 0 Å². The van der Waals surface area contributed by atoms with E-state index < -0.39 is 21.3 Å². The number of carbonyl (C=O) groups is 1. The number of rotatable bonds is 3. The zero-order valence-electron chi connectivity index (χ0n) is 14.3. The SMILES string of the molecule is CC(C)(C)OC(=O)N1CCC(CS(=O)(=O)c2ccccc2F)CC1. The van der Waals surface area contributed by atoms with Gasteiger partial charge in [0.05, 0.1) is 5.75 Å². The van der Waals surface area contributed by atoms with Crippen molar-refractivity contribution in [2.24, 2.45) is 5.92 Å². The molecule has 0 bridgehead atoms. The van der Waals surface area contributed by atoms with Crippen LogP contribution in [0.1, 0.15) is 33.6 Å². The average molecular weight is 357 g/mol. The summed E-state index contributed by atoms with van der Waals surface area (Å²) in [6.45, 7) is 6.31. The zero-order valence-corrected chi connectivity index (χ0v) is 15.1. The van der Waals surface area contributed by atoms with Crippen LogP contribution >= 0.6 is 0 Å². The molecule has 0 unspecified atom stereocenters. The van der Waals surface area contributed by atoms with Gasteiger partial charge >= 0.3 is 6.09 Å². The lowest BCUT2D eigenvalue weighted by molar-refractivity contribution is 0.0191. The van der Waals surface area contributed by atoms with Crippen LogP contribution < -0.4 is 0 Å². The van der Waals surface area contributed by atoms with E-state index in [1.807, 2.05) is 0 Å². The lowest BCUT2D eigenvalue weighted by atomic mass is 9.99. The molecule has 1 aliphatic rings. The summed E-state index contributed by atoms with van der Waals surface area (Å²) in [7, 11) is -3.67. The smallest absolute Gasteiger partial charge is 0.410 e. The molecule has 1 heterocycles. The molecule has 1 saturated heterocycles. The molecule has 0 saturated carbocycles. The second-order valence-electron chi connectivity index (χ2n) is 7.12. The Kier molecular flexibility index (Phi) is 5.52. The van der Waals surface area contributed by atoms with Crippen LogP contribution in [0.25, 0.3) is 0 Å². The third-order valence-electron chi connectivity index (χ3n) is 3.89. The van der Waals surface area contributed by atoms with E-state index in [1.165, 1.54) is 18.2 Å². The number of halogens is 1. The molecule has 1 aromatic rings. The first-order valence-electron chi connectivity index (χ1n) is 8.04. The standard InChI is InChI=1S/C17H24FNO4S/c1-17(2,3)23-16(20)19-10-8-13(9-11-19)12-24(21,22)15-7-5-4-6-14(15)18/h4-7,13H,8-12H2,1-3H3. The van der Waals surface area contributed by atoms with E-state index in [0.29, 0.717) is 25.9 Å². The third kappa shape index (κ3) is 4.93. The van der Waals surface area contributed by atoms with E-state index in [4.69, 9.17) is 4.74 Å². The second-order valence-corrected chi connectivity index (χ2v) is 9.13. The minimum atomic E-state index is -3.67. The largest absolute Gasteiger partial charge is 0.444 e. The van der Waals surface area contributed by atoms with E-state index >= 15 is 0 Å². The van der Waals surface area contributed by atoms with Gasteiger partial charge in [-0.1, -0.05) is 12.1 Å². The number of likely N-dealkylation sites (tertiary alicyclic amines) is 1. The van der Waals surface area contributed by atoms with Gasteiger partial charge in [0, 0.05) is 13.1 Å². The van der Waals surface area contributed by atoms with Gasteiger partial charge in [-0.05, 0) is 51.7 Å². The van der Waals surface area contributed by atoms with E-state index in [1.54, 1.807) is 25.7 Å². The fourth-order valence-corrected chi connectivity index (χ4v) is 4.49. The molecule has 5 nitrogen and oxygen atoms in total. The maximum atomic E-state index is 13.7. The highest BCUT2D eigenvalue weighted by Crippen LogP contribution is 2.24. The van der Waals surface area contributed by atoms with Crippen LogP contribution in [0.4, 0.5) is 9.18 Å². The molecule has 0 aromatic heterocycles. The molecule has 1 aliphatic heterocycles. The summed E-state index contributed by atoms with van der Waals surface area (Å²) in [5, 5.41) is 0. The summed E-state index contributed by atoms with van der Waals surface area (Å²) in [5.74, 6) is -0.909. The van der Waals surface area contributed by atoms with Gasteiger partial charge in [-0.15, -0.1) is 0 Å². The number of hydrogen-bond acceptors (Lipinski definition) is 4. The fraction of sp³-hybridized carbons (Fsp3) is 0.588. The lowest BCUT2D eigenvalue weighted by Gasteiger charge is -2.33. The number of ether oxygens (including phenoxy) is 1. The highest BCUT2D eigenvalue weighted by Gasteiger charge is 2.30. The van der Waals surface area contributed by atoms with Crippen LogP contribution in [0.5, 0.6) is 0 Å². The molecule has 2 rings (SSSR count). The summed E-state index contributed by atoms with van der Waals surface area (Å²) in [4.78, 5) is 13.4. The second kappa shape index (κ2) is 7.09. The van der Waals surface area contributed by atoms with Crippen molar-refractivity contribution in [3.05, 3.63) is 30.1 Å². The number of carbonyl (C=O) groups excluding carboxylic acids is 1. The van der Waals surface area contributed by atoms with Crippen LogP contribution in [0, 0.1) is 11.7 Å². The van der Waals surface area contributed by atoms with E-state index in [0.717, 1.165) is 6.07 Å². The molecule has 0 aliphatic carbocycles. The predicted molar refractivity (Wildman–Crippen MR) is 89.0 cm³/mol. The summed E-state index contributed by atoms with van der Waals surface area (Å²) < 4.78 is 43.8. The number of sulfone groups is 1.